The van der Waals surface area contributed by atoms with Crippen molar-refractivity contribution in [3.63, 3.8) is 0 Å². The largest absolute Gasteiger partial charge is 0.494 e. The molecule has 1 aromatic heterocycles. The molecule has 0 aliphatic rings. The van der Waals surface area contributed by atoms with Crippen LogP contribution >= 0.6 is 27.5 Å². The van der Waals surface area contributed by atoms with Gasteiger partial charge in [-0.25, -0.2) is 9.37 Å². The Morgan fingerprint density at radius 2 is 1.84 bits per heavy atom. The Hall–Kier alpha value is -4.21. The van der Waals surface area contributed by atoms with Crippen LogP contribution in [-0.4, -0.2) is 29.6 Å². The molecule has 0 atom stereocenters. The average Bonchev–Trinajstić information content (AvgIpc) is 3.02. The van der Waals surface area contributed by atoms with Gasteiger partial charge in [0, 0.05) is 15.6 Å². The molecule has 0 spiro atoms. The zero-order chi connectivity index (χ0) is 32.2. The Balaban J connectivity index is 1.62. The fraction of sp³-hybridized carbons (Fsp3) is 0.229. The lowest BCUT2D eigenvalue weighted by Crippen LogP contribution is -2.21. The molecule has 232 valence electrons. The quantitative estimate of drug-likeness (QED) is 0.137. The molecule has 4 aromatic carbocycles. The minimum absolute atomic E-state index is 0.0784. The van der Waals surface area contributed by atoms with E-state index in [1.165, 1.54) is 30.1 Å². The van der Waals surface area contributed by atoms with Gasteiger partial charge in [-0.15, -0.1) is 0 Å². The van der Waals surface area contributed by atoms with Crippen molar-refractivity contribution in [2.75, 3.05) is 13.7 Å². The van der Waals surface area contributed by atoms with Gasteiger partial charge >= 0.3 is 0 Å². The molecule has 0 aliphatic carbocycles. The van der Waals surface area contributed by atoms with E-state index in [9.17, 15) is 9.18 Å². The zero-order valence-corrected chi connectivity index (χ0v) is 27.9. The lowest BCUT2D eigenvalue weighted by molar-refractivity contribution is 0.284. The van der Waals surface area contributed by atoms with E-state index in [1.54, 1.807) is 30.3 Å². The van der Waals surface area contributed by atoms with Crippen molar-refractivity contribution in [1.29, 1.82) is 0 Å². The molecule has 0 unspecified atom stereocenters. The minimum atomic E-state index is -0.361. The van der Waals surface area contributed by atoms with E-state index in [-0.39, 0.29) is 34.7 Å². The van der Waals surface area contributed by atoms with Crippen LogP contribution in [0.25, 0.3) is 22.3 Å². The van der Waals surface area contributed by atoms with Gasteiger partial charge in [0.05, 0.1) is 30.8 Å². The molecule has 5 aromatic rings. The summed E-state index contributed by atoms with van der Waals surface area (Å²) < 4.78 is 32.9. The summed E-state index contributed by atoms with van der Waals surface area (Å²) in [6, 6.07) is 19.0. The summed E-state index contributed by atoms with van der Waals surface area (Å²) in [4.78, 5) is 18.8. The molecule has 0 saturated heterocycles. The number of rotatable bonds is 10. The Kier molecular flexibility index (Phi) is 9.90. The standard InChI is InChI=1S/C35H32BrClFN3O4/c1-6-44-29-14-21(4)27(17-26(29)20(2)3)34-40-28-13-8-7-12-25(28)35(42)41(34)39-18-23-16-30(43-5)33(32(37)31(23)36)45-19-22-10-9-11-24(38)15-22/h7-18,20H,6,19H2,1-5H3. The van der Waals surface area contributed by atoms with Gasteiger partial charge in [-0.3, -0.25) is 4.79 Å². The van der Waals surface area contributed by atoms with Gasteiger partial charge in [-0.05, 0) is 94.9 Å². The first kappa shape index (κ1) is 32.2. The third kappa shape index (κ3) is 6.74. The van der Waals surface area contributed by atoms with E-state index in [2.05, 4.69) is 34.9 Å². The molecule has 0 fully saturated rings. The molecule has 5 rings (SSSR count). The summed E-state index contributed by atoms with van der Waals surface area (Å²) in [5, 5.41) is 5.31. The Morgan fingerprint density at radius 1 is 1.07 bits per heavy atom. The first-order valence-corrected chi connectivity index (χ1v) is 15.6. The van der Waals surface area contributed by atoms with Crippen LogP contribution in [0.2, 0.25) is 5.02 Å². The molecule has 7 nitrogen and oxygen atoms in total. The molecule has 0 amide bonds. The van der Waals surface area contributed by atoms with Crippen LogP contribution in [-0.2, 0) is 6.61 Å². The number of halogens is 3. The Labute approximate surface area is 274 Å². The third-order valence-corrected chi connectivity index (χ3v) is 8.68. The van der Waals surface area contributed by atoms with Crippen molar-refractivity contribution >= 4 is 44.6 Å². The van der Waals surface area contributed by atoms with Crippen LogP contribution < -0.4 is 19.8 Å². The molecule has 0 N–H and O–H groups in total. The van der Waals surface area contributed by atoms with E-state index < -0.39 is 0 Å². The Morgan fingerprint density at radius 3 is 2.56 bits per heavy atom. The summed E-state index contributed by atoms with van der Waals surface area (Å²) in [5.41, 5.74) is 4.06. The summed E-state index contributed by atoms with van der Waals surface area (Å²) in [6.07, 6.45) is 1.52. The maximum Gasteiger partial charge on any atom is 0.282 e. The van der Waals surface area contributed by atoms with Crippen LogP contribution in [0.15, 0.2) is 81.1 Å². The highest BCUT2D eigenvalue weighted by molar-refractivity contribution is 9.10. The van der Waals surface area contributed by atoms with Crippen LogP contribution in [0, 0.1) is 12.7 Å². The lowest BCUT2D eigenvalue weighted by Gasteiger charge is -2.18. The fourth-order valence-electron chi connectivity index (χ4n) is 4.96. The number of ether oxygens (including phenoxy) is 3. The van der Waals surface area contributed by atoms with E-state index >= 15 is 0 Å². The van der Waals surface area contributed by atoms with Gasteiger partial charge in [0.1, 0.15) is 23.2 Å². The molecular weight excluding hydrogens is 661 g/mol. The van der Waals surface area contributed by atoms with Gasteiger partial charge in [-0.2, -0.15) is 9.78 Å². The molecule has 10 heteroatoms. The fourth-order valence-corrected chi connectivity index (χ4v) is 5.62. The first-order valence-electron chi connectivity index (χ1n) is 14.4. The number of nitrogens with zero attached hydrogens (tertiary/aromatic N) is 3. The third-order valence-electron chi connectivity index (χ3n) is 7.23. The number of hydrogen-bond acceptors (Lipinski definition) is 6. The minimum Gasteiger partial charge on any atom is -0.494 e. The number of fused-ring (bicyclic) bond motifs is 1. The van der Waals surface area contributed by atoms with Crippen LogP contribution in [0.1, 0.15) is 48.9 Å². The molecule has 0 aliphatic heterocycles. The molecular formula is C35H32BrClFN3O4. The summed E-state index contributed by atoms with van der Waals surface area (Å²) in [5.74, 6) is 1.62. The van der Waals surface area contributed by atoms with Crippen molar-refractivity contribution in [3.05, 3.63) is 115 Å². The highest BCUT2D eigenvalue weighted by Crippen LogP contribution is 2.42. The van der Waals surface area contributed by atoms with Gasteiger partial charge in [0.25, 0.3) is 5.56 Å². The Bertz CT molecular complexity index is 1980. The van der Waals surface area contributed by atoms with E-state index in [0.717, 1.165) is 22.4 Å². The van der Waals surface area contributed by atoms with E-state index in [4.69, 9.17) is 30.8 Å². The second kappa shape index (κ2) is 13.8. The van der Waals surface area contributed by atoms with E-state index in [0.29, 0.717) is 44.7 Å². The number of methoxy groups -OCH3 is 1. The van der Waals surface area contributed by atoms with Crippen LogP contribution in [0.5, 0.6) is 17.2 Å². The van der Waals surface area contributed by atoms with Crippen molar-refractivity contribution in [2.24, 2.45) is 5.10 Å². The summed E-state index contributed by atoms with van der Waals surface area (Å²) in [7, 11) is 1.49. The lowest BCUT2D eigenvalue weighted by atomic mass is 9.96. The molecule has 45 heavy (non-hydrogen) atoms. The molecule has 1 heterocycles. The van der Waals surface area contributed by atoms with Crippen molar-refractivity contribution in [2.45, 2.75) is 40.2 Å². The van der Waals surface area contributed by atoms with E-state index in [1.807, 2.05) is 38.1 Å². The highest BCUT2D eigenvalue weighted by atomic mass is 79.9. The van der Waals surface area contributed by atoms with Crippen molar-refractivity contribution in [1.82, 2.24) is 9.66 Å². The van der Waals surface area contributed by atoms with Gasteiger partial charge < -0.3 is 14.2 Å². The number of aryl methyl sites for hydroxylation is 1. The van der Waals surface area contributed by atoms with Gasteiger partial charge in [-0.1, -0.05) is 49.7 Å². The second-order valence-corrected chi connectivity index (χ2v) is 11.8. The predicted molar refractivity (Wildman–Crippen MR) is 181 cm³/mol. The van der Waals surface area contributed by atoms with Gasteiger partial charge in [0.2, 0.25) is 0 Å². The number of para-hydroxylation sites is 1. The highest BCUT2D eigenvalue weighted by Gasteiger charge is 2.20. The summed E-state index contributed by atoms with van der Waals surface area (Å²) in [6.45, 7) is 8.72. The number of benzene rings is 4. The second-order valence-electron chi connectivity index (χ2n) is 10.7. The zero-order valence-electron chi connectivity index (χ0n) is 25.5. The van der Waals surface area contributed by atoms with Crippen LogP contribution in [0.3, 0.4) is 0 Å². The van der Waals surface area contributed by atoms with Crippen molar-refractivity contribution in [3.8, 4) is 28.6 Å². The maximum atomic E-state index is 13.9. The predicted octanol–water partition coefficient (Wildman–Crippen LogP) is 8.92. The summed E-state index contributed by atoms with van der Waals surface area (Å²) >= 11 is 10.3. The number of hydrogen-bond donors (Lipinski definition) is 0. The monoisotopic (exact) mass is 691 g/mol. The SMILES string of the molecule is CCOc1cc(C)c(-c2nc3ccccc3c(=O)n2N=Cc2cc(OC)c(OCc3cccc(F)c3)c(Cl)c2Br)cc1C(C)C. The molecule has 0 saturated carbocycles. The van der Waals surface area contributed by atoms with Crippen molar-refractivity contribution < 1.29 is 18.6 Å². The maximum absolute atomic E-state index is 13.9. The normalized spacial score (nSPS) is 11.5. The first-order chi connectivity index (χ1) is 21.6. The molecule has 0 bridgehead atoms. The topological polar surface area (TPSA) is 74.9 Å². The number of aromatic nitrogens is 2. The van der Waals surface area contributed by atoms with Gasteiger partial charge in [0.15, 0.2) is 17.3 Å². The molecule has 0 radical (unpaired) electrons. The average molecular weight is 693 g/mol. The smallest absolute Gasteiger partial charge is 0.282 e. The van der Waals surface area contributed by atoms with Crippen LogP contribution in [0.4, 0.5) is 4.39 Å².